The van der Waals surface area contributed by atoms with Crippen LogP contribution in [0.1, 0.15) is 73.7 Å². The third kappa shape index (κ3) is 6.94. The largest absolute Gasteiger partial charge is 0.507 e. The standard InChI is InChI=1S/C30H36O8/c1-5-8-23-26(13-11-21(19(3)31)29(23)34)36-16-7-17-37-27-14-12-22-25(32)18-20(10-15-28(33)35-4)38-30(22)24(27)9-6-2/h11-14,18,34H,5-10,15-17H2,1-4H3. The number of carbonyl (C=O) groups excluding carboxylic acids is 2. The van der Waals surface area contributed by atoms with Gasteiger partial charge in [0.1, 0.15) is 28.6 Å². The van der Waals surface area contributed by atoms with Crippen LogP contribution >= 0.6 is 0 Å². The summed E-state index contributed by atoms with van der Waals surface area (Å²) in [6.07, 6.45) is 3.87. The van der Waals surface area contributed by atoms with Crippen molar-refractivity contribution < 1.29 is 33.3 Å². The number of esters is 1. The van der Waals surface area contributed by atoms with E-state index in [2.05, 4.69) is 4.74 Å². The number of aryl methyl sites for hydroxylation is 2. The SMILES string of the molecule is CCCc1c(OCCCOc2ccc3c(=O)cc(CCC(=O)OC)oc3c2CCC)ccc(C(C)=O)c1O. The summed E-state index contributed by atoms with van der Waals surface area (Å²) in [5.41, 5.74) is 2.07. The van der Waals surface area contributed by atoms with E-state index in [-0.39, 0.29) is 35.8 Å². The zero-order chi connectivity index (χ0) is 27.7. The van der Waals surface area contributed by atoms with Crippen molar-refractivity contribution in [3.05, 3.63) is 63.0 Å². The molecule has 3 aromatic rings. The Morgan fingerprint density at radius 2 is 1.55 bits per heavy atom. The van der Waals surface area contributed by atoms with E-state index in [9.17, 15) is 19.5 Å². The second kappa shape index (κ2) is 13.7. The number of hydrogen-bond acceptors (Lipinski definition) is 8. The van der Waals surface area contributed by atoms with E-state index in [1.165, 1.54) is 20.1 Å². The normalized spacial score (nSPS) is 10.9. The number of carbonyl (C=O) groups is 2. The predicted octanol–water partition coefficient (Wildman–Crippen LogP) is 5.56. The van der Waals surface area contributed by atoms with Crippen molar-refractivity contribution in [3.63, 3.8) is 0 Å². The van der Waals surface area contributed by atoms with E-state index in [1.807, 2.05) is 13.8 Å². The second-order valence-electron chi connectivity index (χ2n) is 9.12. The second-order valence-corrected chi connectivity index (χ2v) is 9.12. The van der Waals surface area contributed by atoms with Crippen LogP contribution in [0.2, 0.25) is 0 Å². The van der Waals surface area contributed by atoms with Gasteiger partial charge in [-0.05, 0) is 44.0 Å². The van der Waals surface area contributed by atoms with Crippen LogP contribution in [0.3, 0.4) is 0 Å². The average molecular weight is 525 g/mol. The quantitative estimate of drug-likeness (QED) is 0.166. The number of ether oxygens (including phenoxy) is 3. The van der Waals surface area contributed by atoms with E-state index < -0.39 is 0 Å². The summed E-state index contributed by atoms with van der Waals surface area (Å²) in [7, 11) is 1.32. The molecule has 0 amide bonds. The van der Waals surface area contributed by atoms with Crippen LogP contribution in [0.4, 0.5) is 0 Å². The van der Waals surface area contributed by atoms with Crippen LogP contribution in [0.25, 0.3) is 11.0 Å². The van der Waals surface area contributed by atoms with Gasteiger partial charge in [0.05, 0.1) is 37.7 Å². The number of methoxy groups -OCH3 is 1. The molecule has 8 nitrogen and oxygen atoms in total. The summed E-state index contributed by atoms with van der Waals surface area (Å²) >= 11 is 0. The fourth-order valence-electron chi connectivity index (χ4n) is 4.33. The third-order valence-electron chi connectivity index (χ3n) is 6.23. The summed E-state index contributed by atoms with van der Waals surface area (Å²) in [6.45, 7) is 6.19. The first kappa shape index (κ1) is 28.8. The molecule has 0 saturated heterocycles. The highest BCUT2D eigenvalue weighted by Crippen LogP contribution is 2.33. The molecular formula is C30H36O8. The van der Waals surface area contributed by atoms with Crippen molar-refractivity contribution in [2.24, 2.45) is 0 Å². The Balaban J connectivity index is 1.71. The highest BCUT2D eigenvalue weighted by atomic mass is 16.5. The topological polar surface area (TPSA) is 112 Å². The van der Waals surface area contributed by atoms with Gasteiger partial charge in [0.25, 0.3) is 0 Å². The molecule has 0 aliphatic heterocycles. The molecule has 1 N–H and O–H groups in total. The van der Waals surface area contributed by atoms with Crippen LogP contribution in [0.15, 0.2) is 39.5 Å². The number of phenols is 1. The Morgan fingerprint density at radius 1 is 0.921 bits per heavy atom. The average Bonchev–Trinajstić information content (AvgIpc) is 2.89. The van der Waals surface area contributed by atoms with Crippen molar-refractivity contribution >= 4 is 22.7 Å². The fourth-order valence-corrected chi connectivity index (χ4v) is 4.33. The molecule has 0 aliphatic carbocycles. The maximum Gasteiger partial charge on any atom is 0.305 e. The van der Waals surface area contributed by atoms with Crippen LogP contribution in [0, 0.1) is 0 Å². The van der Waals surface area contributed by atoms with Gasteiger partial charge < -0.3 is 23.7 Å². The Morgan fingerprint density at radius 3 is 2.18 bits per heavy atom. The lowest BCUT2D eigenvalue weighted by Gasteiger charge is -2.16. The van der Waals surface area contributed by atoms with E-state index in [4.69, 9.17) is 13.9 Å². The number of phenolic OH excluding ortho intramolecular Hbond substituents is 1. The summed E-state index contributed by atoms with van der Waals surface area (Å²) in [5.74, 6) is 1.06. The van der Waals surface area contributed by atoms with E-state index >= 15 is 0 Å². The molecule has 2 aromatic carbocycles. The molecule has 38 heavy (non-hydrogen) atoms. The van der Waals surface area contributed by atoms with Gasteiger partial charge in [-0.3, -0.25) is 14.4 Å². The third-order valence-corrected chi connectivity index (χ3v) is 6.23. The van der Waals surface area contributed by atoms with E-state index in [0.717, 1.165) is 18.4 Å². The first-order valence-electron chi connectivity index (χ1n) is 13.1. The summed E-state index contributed by atoms with van der Waals surface area (Å²) in [6, 6.07) is 8.23. The first-order chi connectivity index (χ1) is 18.3. The van der Waals surface area contributed by atoms with Crippen molar-refractivity contribution in [1.29, 1.82) is 0 Å². The Hall–Kier alpha value is -3.81. The minimum Gasteiger partial charge on any atom is -0.507 e. The van der Waals surface area contributed by atoms with Crippen LogP contribution in [-0.2, 0) is 28.8 Å². The maximum absolute atomic E-state index is 12.7. The number of ketones is 1. The minimum absolute atomic E-state index is 0.0130. The molecule has 0 bridgehead atoms. The molecule has 0 fully saturated rings. The molecule has 0 spiro atoms. The van der Waals surface area contributed by atoms with Crippen molar-refractivity contribution in [1.82, 2.24) is 0 Å². The first-order valence-corrected chi connectivity index (χ1v) is 13.1. The van der Waals surface area contributed by atoms with Gasteiger partial charge in [-0.1, -0.05) is 26.7 Å². The van der Waals surface area contributed by atoms with Gasteiger partial charge in [0, 0.05) is 30.0 Å². The molecule has 1 heterocycles. The number of benzene rings is 2. The maximum atomic E-state index is 12.7. The van der Waals surface area contributed by atoms with E-state index in [0.29, 0.717) is 71.8 Å². The zero-order valence-corrected chi connectivity index (χ0v) is 22.6. The fraction of sp³-hybridized carbons (Fsp3) is 0.433. The van der Waals surface area contributed by atoms with Gasteiger partial charge in [0.2, 0.25) is 0 Å². The molecule has 0 saturated carbocycles. The zero-order valence-electron chi connectivity index (χ0n) is 22.6. The Labute approximate surface area is 222 Å². The highest BCUT2D eigenvalue weighted by molar-refractivity contribution is 5.97. The monoisotopic (exact) mass is 524 g/mol. The summed E-state index contributed by atoms with van der Waals surface area (Å²) < 4.78 is 22.8. The molecule has 8 heteroatoms. The van der Waals surface area contributed by atoms with Gasteiger partial charge in [-0.25, -0.2) is 0 Å². The molecule has 0 radical (unpaired) electrons. The molecular weight excluding hydrogens is 488 g/mol. The lowest BCUT2D eigenvalue weighted by Crippen LogP contribution is -2.10. The summed E-state index contributed by atoms with van der Waals surface area (Å²) in [4.78, 5) is 36.0. The van der Waals surface area contributed by atoms with Crippen molar-refractivity contribution in [2.75, 3.05) is 20.3 Å². The lowest BCUT2D eigenvalue weighted by atomic mass is 10.0. The van der Waals surface area contributed by atoms with Gasteiger partial charge in [-0.2, -0.15) is 0 Å². The Bertz CT molecular complexity index is 1340. The highest BCUT2D eigenvalue weighted by Gasteiger charge is 2.17. The smallest absolute Gasteiger partial charge is 0.305 e. The lowest BCUT2D eigenvalue weighted by molar-refractivity contribution is -0.140. The van der Waals surface area contributed by atoms with Crippen LogP contribution in [0.5, 0.6) is 17.2 Å². The van der Waals surface area contributed by atoms with Crippen LogP contribution in [-0.4, -0.2) is 37.2 Å². The molecule has 0 atom stereocenters. The summed E-state index contributed by atoms with van der Waals surface area (Å²) in [5, 5.41) is 11.0. The molecule has 0 aliphatic rings. The van der Waals surface area contributed by atoms with Gasteiger partial charge in [0.15, 0.2) is 11.2 Å². The molecule has 0 unspecified atom stereocenters. The van der Waals surface area contributed by atoms with Crippen LogP contribution < -0.4 is 14.9 Å². The Kier molecular flexibility index (Phi) is 10.3. The van der Waals surface area contributed by atoms with Gasteiger partial charge >= 0.3 is 5.97 Å². The number of fused-ring (bicyclic) bond motifs is 1. The minimum atomic E-state index is -0.368. The molecule has 3 rings (SSSR count). The van der Waals surface area contributed by atoms with Crippen molar-refractivity contribution in [3.8, 4) is 17.2 Å². The number of Topliss-reactive ketones (excluding diaryl/α,β-unsaturated/α-hetero) is 1. The number of rotatable bonds is 14. The molecule has 1 aromatic heterocycles. The van der Waals surface area contributed by atoms with Gasteiger partial charge in [-0.15, -0.1) is 0 Å². The molecule has 204 valence electrons. The van der Waals surface area contributed by atoms with Crippen molar-refractivity contribution in [2.45, 2.75) is 65.7 Å². The predicted molar refractivity (Wildman–Crippen MR) is 145 cm³/mol. The number of hydrogen-bond donors (Lipinski definition) is 1. The number of aromatic hydroxyl groups is 1. The van der Waals surface area contributed by atoms with E-state index in [1.54, 1.807) is 24.3 Å².